The first-order valence-corrected chi connectivity index (χ1v) is 8.04. The molecule has 1 spiro atoms. The summed E-state index contributed by atoms with van der Waals surface area (Å²) in [5.41, 5.74) is -3.73. The molecule has 138 valence electrons. The number of benzene rings is 1. The summed E-state index contributed by atoms with van der Waals surface area (Å²) in [7, 11) is 0. The molecule has 26 heavy (non-hydrogen) atoms. The SMILES string of the molecule is O=C1CCC2(CCC2)C(=O)C1C(=O)c1ccc(C(F)(F)F)cc1[N+](=O)[O-]. The van der Waals surface area contributed by atoms with Crippen LogP contribution in [0, 0.1) is 21.4 Å². The Hall–Kier alpha value is -2.58. The zero-order valence-corrected chi connectivity index (χ0v) is 13.5. The molecule has 1 aromatic rings. The van der Waals surface area contributed by atoms with Crippen LogP contribution in [0.5, 0.6) is 0 Å². The van der Waals surface area contributed by atoms with Crippen LogP contribution >= 0.6 is 0 Å². The predicted molar refractivity (Wildman–Crippen MR) is 81.5 cm³/mol. The van der Waals surface area contributed by atoms with Crippen molar-refractivity contribution in [1.82, 2.24) is 0 Å². The van der Waals surface area contributed by atoms with Crippen LogP contribution in [-0.4, -0.2) is 22.3 Å². The molecule has 9 heteroatoms. The molecular formula is C17H14F3NO5. The van der Waals surface area contributed by atoms with Gasteiger partial charge >= 0.3 is 6.18 Å². The minimum absolute atomic E-state index is 0.0105. The number of ketones is 3. The first-order chi connectivity index (χ1) is 12.1. The Bertz CT molecular complexity index is 826. The van der Waals surface area contributed by atoms with Crippen LogP contribution < -0.4 is 0 Å². The van der Waals surface area contributed by atoms with Crippen molar-refractivity contribution in [3.05, 3.63) is 39.4 Å². The average molecular weight is 369 g/mol. The third-order valence-electron chi connectivity index (χ3n) is 5.32. The summed E-state index contributed by atoms with van der Waals surface area (Å²) < 4.78 is 38.3. The molecule has 3 rings (SSSR count). The topological polar surface area (TPSA) is 94.3 Å². The van der Waals surface area contributed by atoms with Crippen molar-refractivity contribution in [3.8, 4) is 0 Å². The fraction of sp³-hybridized carbons (Fsp3) is 0.471. The van der Waals surface area contributed by atoms with Crippen LogP contribution in [0.3, 0.4) is 0 Å². The number of halogens is 3. The number of nitro groups is 1. The number of rotatable bonds is 3. The summed E-state index contributed by atoms with van der Waals surface area (Å²) >= 11 is 0. The molecule has 6 nitrogen and oxygen atoms in total. The van der Waals surface area contributed by atoms with Gasteiger partial charge in [-0.3, -0.25) is 24.5 Å². The van der Waals surface area contributed by atoms with Gasteiger partial charge in [0.05, 0.1) is 16.1 Å². The Kier molecular flexibility index (Phi) is 4.20. The minimum atomic E-state index is -4.82. The molecule has 0 aliphatic heterocycles. The highest BCUT2D eigenvalue weighted by Crippen LogP contribution is 2.50. The van der Waals surface area contributed by atoms with E-state index in [2.05, 4.69) is 0 Å². The van der Waals surface area contributed by atoms with E-state index in [1.54, 1.807) is 0 Å². The summed E-state index contributed by atoms with van der Waals surface area (Å²) in [4.78, 5) is 47.6. The molecule has 0 aromatic heterocycles. The fourth-order valence-electron chi connectivity index (χ4n) is 3.67. The lowest BCUT2D eigenvalue weighted by Crippen LogP contribution is -2.50. The van der Waals surface area contributed by atoms with E-state index >= 15 is 0 Å². The van der Waals surface area contributed by atoms with Crippen molar-refractivity contribution in [2.45, 2.75) is 38.3 Å². The van der Waals surface area contributed by atoms with Gasteiger partial charge in [0.25, 0.3) is 5.69 Å². The first kappa shape index (κ1) is 18.2. The van der Waals surface area contributed by atoms with E-state index in [1.807, 2.05) is 0 Å². The number of hydrogen-bond donors (Lipinski definition) is 0. The quantitative estimate of drug-likeness (QED) is 0.352. The molecule has 0 amide bonds. The molecule has 2 saturated carbocycles. The highest BCUT2D eigenvalue weighted by molar-refractivity contribution is 6.27. The Balaban J connectivity index is 2.02. The molecule has 0 N–H and O–H groups in total. The molecule has 2 fully saturated rings. The highest BCUT2D eigenvalue weighted by Gasteiger charge is 2.54. The van der Waals surface area contributed by atoms with Crippen LogP contribution in [0.1, 0.15) is 48.0 Å². The first-order valence-electron chi connectivity index (χ1n) is 8.04. The summed E-state index contributed by atoms with van der Waals surface area (Å²) in [5.74, 6) is -3.95. The molecule has 0 bridgehead atoms. The van der Waals surface area contributed by atoms with Crippen molar-refractivity contribution in [1.29, 1.82) is 0 Å². The van der Waals surface area contributed by atoms with Crippen LogP contribution in [0.25, 0.3) is 0 Å². The lowest BCUT2D eigenvalue weighted by Gasteiger charge is -2.44. The predicted octanol–water partition coefficient (Wildman–Crippen LogP) is 3.51. The van der Waals surface area contributed by atoms with Gasteiger partial charge in [-0.15, -0.1) is 0 Å². The molecule has 0 saturated heterocycles. The number of carbonyl (C=O) groups excluding carboxylic acids is 3. The normalized spacial score (nSPS) is 22.2. The second kappa shape index (κ2) is 6.00. The largest absolute Gasteiger partial charge is 0.416 e. The number of nitrogens with zero attached hydrogens (tertiary/aromatic N) is 1. The standard InChI is InChI=1S/C17H14F3NO5/c18-17(19,20)9-2-3-10(11(8-9)21(25)26)14(23)13-12(22)4-7-16(15(13)24)5-1-6-16/h2-3,8,13H,1,4-7H2. The van der Waals surface area contributed by atoms with Gasteiger partial charge in [0.15, 0.2) is 17.3 Å². The lowest BCUT2D eigenvalue weighted by atomic mass is 9.56. The van der Waals surface area contributed by atoms with Crippen LogP contribution in [0.2, 0.25) is 0 Å². The second-order valence-electron chi connectivity index (χ2n) is 6.75. The van der Waals surface area contributed by atoms with Crippen molar-refractivity contribution < 1.29 is 32.5 Å². The summed E-state index contributed by atoms with van der Waals surface area (Å²) in [6.07, 6.45) is -2.56. The Labute approximate surface area is 145 Å². The monoisotopic (exact) mass is 369 g/mol. The third kappa shape index (κ3) is 2.81. The van der Waals surface area contributed by atoms with Gasteiger partial charge in [-0.1, -0.05) is 6.42 Å². The molecular weight excluding hydrogens is 355 g/mol. The van der Waals surface area contributed by atoms with E-state index in [-0.39, 0.29) is 12.5 Å². The molecule has 2 aliphatic rings. The van der Waals surface area contributed by atoms with E-state index < -0.39 is 56.6 Å². The number of hydrogen-bond acceptors (Lipinski definition) is 5. The molecule has 1 unspecified atom stereocenters. The Morgan fingerprint density at radius 2 is 1.85 bits per heavy atom. The Morgan fingerprint density at radius 1 is 1.19 bits per heavy atom. The highest BCUT2D eigenvalue weighted by atomic mass is 19.4. The smallest absolute Gasteiger partial charge is 0.298 e. The minimum Gasteiger partial charge on any atom is -0.298 e. The number of alkyl halides is 3. The van der Waals surface area contributed by atoms with Gasteiger partial charge in [0.2, 0.25) is 0 Å². The number of carbonyl (C=O) groups is 3. The van der Waals surface area contributed by atoms with Gasteiger partial charge in [-0.2, -0.15) is 13.2 Å². The van der Waals surface area contributed by atoms with Gasteiger partial charge < -0.3 is 0 Å². The molecule has 1 atom stereocenters. The maximum atomic E-state index is 12.8. The number of Topliss-reactive ketones (excluding diaryl/α,β-unsaturated/α-hetero) is 3. The summed E-state index contributed by atoms with van der Waals surface area (Å²) in [6, 6.07) is 1.47. The van der Waals surface area contributed by atoms with Crippen LogP contribution in [0.4, 0.5) is 18.9 Å². The van der Waals surface area contributed by atoms with Crippen LogP contribution in [-0.2, 0) is 15.8 Å². The van der Waals surface area contributed by atoms with Crippen LogP contribution in [0.15, 0.2) is 18.2 Å². The van der Waals surface area contributed by atoms with E-state index in [9.17, 15) is 37.7 Å². The fourth-order valence-corrected chi connectivity index (χ4v) is 3.67. The molecule has 0 heterocycles. The van der Waals surface area contributed by atoms with Crippen molar-refractivity contribution >= 4 is 23.0 Å². The summed E-state index contributed by atoms with van der Waals surface area (Å²) in [5, 5.41) is 11.2. The summed E-state index contributed by atoms with van der Waals surface area (Å²) in [6.45, 7) is 0. The lowest BCUT2D eigenvalue weighted by molar-refractivity contribution is -0.385. The molecule has 0 radical (unpaired) electrons. The average Bonchev–Trinajstić information content (AvgIpc) is 2.52. The van der Waals surface area contributed by atoms with E-state index in [1.165, 1.54) is 0 Å². The second-order valence-corrected chi connectivity index (χ2v) is 6.75. The molecule has 2 aliphatic carbocycles. The maximum Gasteiger partial charge on any atom is 0.416 e. The van der Waals surface area contributed by atoms with E-state index in [4.69, 9.17) is 0 Å². The van der Waals surface area contributed by atoms with E-state index in [0.717, 1.165) is 6.42 Å². The van der Waals surface area contributed by atoms with Gasteiger partial charge in [-0.05, 0) is 31.4 Å². The maximum absolute atomic E-state index is 12.8. The Morgan fingerprint density at radius 3 is 2.35 bits per heavy atom. The number of nitro benzene ring substituents is 1. The van der Waals surface area contributed by atoms with Crippen molar-refractivity contribution in [3.63, 3.8) is 0 Å². The van der Waals surface area contributed by atoms with Crippen molar-refractivity contribution in [2.24, 2.45) is 11.3 Å². The van der Waals surface area contributed by atoms with Gasteiger partial charge in [0, 0.05) is 17.9 Å². The van der Waals surface area contributed by atoms with Crippen molar-refractivity contribution in [2.75, 3.05) is 0 Å². The molecule has 1 aromatic carbocycles. The van der Waals surface area contributed by atoms with Gasteiger partial charge in [-0.25, -0.2) is 0 Å². The zero-order chi connectivity index (χ0) is 19.3. The van der Waals surface area contributed by atoms with Gasteiger partial charge in [0.1, 0.15) is 5.92 Å². The third-order valence-corrected chi connectivity index (χ3v) is 5.32. The van der Waals surface area contributed by atoms with E-state index in [0.29, 0.717) is 31.4 Å². The zero-order valence-electron chi connectivity index (χ0n) is 13.5.